The highest BCUT2D eigenvalue weighted by Crippen LogP contribution is 2.27. The summed E-state index contributed by atoms with van der Waals surface area (Å²) in [5.74, 6) is -2.67. The number of non-ortho nitro benzene ring substituents is 1. The lowest BCUT2D eigenvalue weighted by atomic mass is 10.2. The van der Waals surface area contributed by atoms with Crippen molar-refractivity contribution < 1.29 is 18.4 Å². The van der Waals surface area contributed by atoms with Crippen molar-refractivity contribution in [1.82, 2.24) is 5.32 Å². The van der Waals surface area contributed by atoms with Crippen LogP contribution in [0.3, 0.4) is 0 Å². The fraction of sp³-hybridized carbons (Fsp3) is 0.455. The van der Waals surface area contributed by atoms with Crippen LogP contribution in [-0.2, 0) is 0 Å². The number of nitro benzene ring substituents is 1. The molecule has 1 aliphatic heterocycles. The Labute approximate surface area is 102 Å². The molecule has 7 heteroatoms. The first kappa shape index (κ1) is 12.7. The molecule has 0 radical (unpaired) electrons. The zero-order chi connectivity index (χ0) is 13.1. The van der Waals surface area contributed by atoms with Crippen LogP contribution < -0.4 is 10.1 Å². The van der Waals surface area contributed by atoms with Gasteiger partial charge in [0.15, 0.2) is 17.4 Å². The predicted molar refractivity (Wildman–Crippen MR) is 59.5 cm³/mol. The van der Waals surface area contributed by atoms with E-state index in [0.29, 0.717) is 12.1 Å². The lowest BCUT2D eigenvalue weighted by Crippen LogP contribution is -2.28. The summed E-state index contributed by atoms with van der Waals surface area (Å²) < 4.78 is 32.0. The van der Waals surface area contributed by atoms with Crippen molar-refractivity contribution in [2.24, 2.45) is 0 Å². The SMILES string of the molecule is O=[N+]([O-])c1cc(F)c(OCC2CCCN2)c(F)c1. The summed E-state index contributed by atoms with van der Waals surface area (Å²) in [5, 5.41) is 13.5. The maximum atomic E-state index is 13.5. The van der Waals surface area contributed by atoms with Crippen LogP contribution >= 0.6 is 0 Å². The number of nitrogens with one attached hydrogen (secondary N) is 1. The second-order valence-corrected chi connectivity index (χ2v) is 4.10. The van der Waals surface area contributed by atoms with E-state index >= 15 is 0 Å². The Balaban J connectivity index is 2.10. The van der Waals surface area contributed by atoms with Gasteiger partial charge in [-0.3, -0.25) is 10.1 Å². The molecule has 0 bridgehead atoms. The molecule has 1 unspecified atom stereocenters. The Morgan fingerprint density at radius 3 is 2.61 bits per heavy atom. The van der Waals surface area contributed by atoms with E-state index in [0.717, 1.165) is 19.4 Å². The van der Waals surface area contributed by atoms with Gasteiger partial charge in [0.25, 0.3) is 5.69 Å². The summed E-state index contributed by atoms with van der Waals surface area (Å²) in [7, 11) is 0. The van der Waals surface area contributed by atoms with E-state index in [4.69, 9.17) is 4.74 Å². The molecule has 0 aliphatic carbocycles. The molecule has 18 heavy (non-hydrogen) atoms. The van der Waals surface area contributed by atoms with Crippen LogP contribution in [-0.4, -0.2) is 24.1 Å². The molecule has 0 amide bonds. The molecule has 1 aromatic carbocycles. The van der Waals surface area contributed by atoms with Crippen molar-refractivity contribution in [1.29, 1.82) is 0 Å². The largest absolute Gasteiger partial charge is 0.486 e. The Hall–Kier alpha value is -1.76. The molecule has 1 atom stereocenters. The van der Waals surface area contributed by atoms with Gasteiger partial charge in [-0.25, -0.2) is 8.78 Å². The van der Waals surface area contributed by atoms with E-state index in [-0.39, 0.29) is 12.6 Å². The average molecular weight is 258 g/mol. The minimum Gasteiger partial charge on any atom is -0.486 e. The van der Waals surface area contributed by atoms with E-state index in [9.17, 15) is 18.9 Å². The summed E-state index contributed by atoms with van der Waals surface area (Å²) in [6.45, 7) is 1.00. The third-order valence-corrected chi connectivity index (χ3v) is 2.79. The van der Waals surface area contributed by atoms with Gasteiger partial charge in [-0.2, -0.15) is 0 Å². The maximum absolute atomic E-state index is 13.5. The smallest absolute Gasteiger partial charge is 0.275 e. The van der Waals surface area contributed by atoms with E-state index in [1.165, 1.54) is 0 Å². The molecule has 5 nitrogen and oxygen atoms in total. The fourth-order valence-corrected chi connectivity index (χ4v) is 1.87. The Kier molecular flexibility index (Phi) is 3.71. The van der Waals surface area contributed by atoms with Crippen molar-refractivity contribution in [2.75, 3.05) is 13.2 Å². The van der Waals surface area contributed by atoms with Crippen LogP contribution in [0, 0.1) is 21.7 Å². The van der Waals surface area contributed by atoms with Crippen molar-refractivity contribution in [3.05, 3.63) is 33.9 Å². The first-order valence-corrected chi connectivity index (χ1v) is 5.57. The molecular formula is C11H12F2N2O3. The van der Waals surface area contributed by atoms with Gasteiger partial charge in [0, 0.05) is 6.04 Å². The van der Waals surface area contributed by atoms with Gasteiger partial charge in [0.2, 0.25) is 0 Å². The van der Waals surface area contributed by atoms with Gasteiger partial charge in [-0.15, -0.1) is 0 Å². The molecule has 1 fully saturated rings. The minimum atomic E-state index is -1.06. The molecule has 98 valence electrons. The molecule has 1 aromatic rings. The van der Waals surface area contributed by atoms with Gasteiger partial charge in [0.1, 0.15) is 6.61 Å². The summed E-state index contributed by atoms with van der Waals surface area (Å²) >= 11 is 0. The van der Waals surface area contributed by atoms with Crippen LogP contribution in [0.25, 0.3) is 0 Å². The van der Waals surface area contributed by atoms with E-state index in [2.05, 4.69) is 5.32 Å². The van der Waals surface area contributed by atoms with Crippen molar-refractivity contribution >= 4 is 5.69 Å². The molecule has 0 spiro atoms. The van der Waals surface area contributed by atoms with E-state index in [1.807, 2.05) is 0 Å². The van der Waals surface area contributed by atoms with Gasteiger partial charge in [0.05, 0.1) is 17.1 Å². The molecule has 0 aromatic heterocycles. The number of hydrogen-bond donors (Lipinski definition) is 1. The maximum Gasteiger partial charge on any atom is 0.275 e. The van der Waals surface area contributed by atoms with Gasteiger partial charge in [-0.1, -0.05) is 0 Å². The lowest BCUT2D eigenvalue weighted by Gasteiger charge is -2.13. The molecule has 2 rings (SSSR count). The number of nitro groups is 1. The van der Waals surface area contributed by atoms with Crippen LogP contribution in [0.2, 0.25) is 0 Å². The summed E-state index contributed by atoms with van der Waals surface area (Å²) in [4.78, 5) is 9.55. The second-order valence-electron chi connectivity index (χ2n) is 4.10. The molecule has 1 N–H and O–H groups in total. The topological polar surface area (TPSA) is 64.4 Å². The third-order valence-electron chi connectivity index (χ3n) is 2.79. The summed E-state index contributed by atoms with van der Waals surface area (Å²) in [6.07, 6.45) is 1.88. The number of hydrogen-bond acceptors (Lipinski definition) is 4. The zero-order valence-electron chi connectivity index (χ0n) is 9.49. The zero-order valence-corrected chi connectivity index (χ0v) is 9.49. The predicted octanol–water partition coefficient (Wildman–Crippen LogP) is 2.00. The Bertz CT molecular complexity index is 439. The summed E-state index contributed by atoms with van der Waals surface area (Å²) in [5.41, 5.74) is -0.628. The standard InChI is InChI=1S/C11H12F2N2O3/c12-9-4-8(15(16)17)5-10(13)11(9)18-6-7-2-1-3-14-7/h4-5,7,14H,1-3,6H2. The average Bonchev–Trinajstić information content (AvgIpc) is 2.80. The second kappa shape index (κ2) is 5.26. The summed E-state index contributed by atoms with van der Waals surface area (Å²) in [6, 6.07) is 1.38. The highest BCUT2D eigenvalue weighted by molar-refractivity contribution is 5.39. The monoisotopic (exact) mass is 258 g/mol. The lowest BCUT2D eigenvalue weighted by molar-refractivity contribution is -0.385. The van der Waals surface area contributed by atoms with Crippen molar-refractivity contribution in [3.63, 3.8) is 0 Å². The number of halogens is 2. The Morgan fingerprint density at radius 2 is 2.11 bits per heavy atom. The minimum absolute atomic E-state index is 0.0685. The van der Waals surface area contributed by atoms with E-state index < -0.39 is 28.0 Å². The van der Waals surface area contributed by atoms with Gasteiger partial charge >= 0.3 is 0 Å². The van der Waals surface area contributed by atoms with Crippen LogP contribution in [0.1, 0.15) is 12.8 Å². The molecule has 1 heterocycles. The molecule has 0 saturated carbocycles. The van der Waals surface area contributed by atoms with Crippen molar-refractivity contribution in [3.8, 4) is 5.75 Å². The van der Waals surface area contributed by atoms with Crippen LogP contribution in [0.4, 0.5) is 14.5 Å². The molecular weight excluding hydrogens is 246 g/mol. The first-order chi connectivity index (χ1) is 8.58. The van der Waals surface area contributed by atoms with Crippen molar-refractivity contribution in [2.45, 2.75) is 18.9 Å². The Morgan fingerprint density at radius 1 is 1.44 bits per heavy atom. The number of rotatable bonds is 4. The highest BCUT2D eigenvalue weighted by atomic mass is 19.1. The number of benzene rings is 1. The van der Waals surface area contributed by atoms with Crippen LogP contribution in [0.15, 0.2) is 12.1 Å². The van der Waals surface area contributed by atoms with Gasteiger partial charge < -0.3 is 10.1 Å². The fourth-order valence-electron chi connectivity index (χ4n) is 1.87. The molecule has 1 aliphatic rings. The first-order valence-electron chi connectivity index (χ1n) is 5.57. The molecule has 1 saturated heterocycles. The van der Waals surface area contributed by atoms with E-state index in [1.54, 1.807) is 0 Å². The quantitative estimate of drug-likeness (QED) is 0.662. The normalized spacial score (nSPS) is 18.9. The highest BCUT2D eigenvalue weighted by Gasteiger charge is 2.20. The number of nitrogens with zero attached hydrogens (tertiary/aromatic N) is 1. The number of ether oxygens (including phenoxy) is 1. The van der Waals surface area contributed by atoms with Crippen LogP contribution in [0.5, 0.6) is 5.75 Å². The third kappa shape index (κ3) is 2.73. The van der Waals surface area contributed by atoms with Gasteiger partial charge in [-0.05, 0) is 19.4 Å².